The van der Waals surface area contributed by atoms with Gasteiger partial charge in [-0.25, -0.2) is 13.5 Å². The van der Waals surface area contributed by atoms with Crippen molar-refractivity contribution in [2.24, 2.45) is 11.1 Å². The molecule has 1 aromatic heterocycles. The van der Waals surface area contributed by atoms with Crippen LogP contribution in [0.4, 0.5) is 8.78 Å². The van der Waals surface area contributed by atoms with Crippen LogP contribution in [0.25, 0.3) is 5.69 Å². The van der Waals surface area contributed by atoms with Gasteiger partial charge in [0.25, 0.3) is 0 Å². The maximum Gasteiger partial charge on any atom is 0.248 e. The molecule has 182 valence electrons. The van der Waals surface area contributed by atoms with Crippen molar-refractivity contribution in [1.82, 2.24) is 14.7 Å². The largest absolute Gasteiger partial charge is 0.387 e. The van der Waals surface area contributed by atoms with Gasteiger partial charge in [-0.1, -0.05) is 51.1 Å². The number of aromatic nitrogens is 2. The van der Waals surface area contributed by atoms with Crippen LogP contribution in [0.1, 0.15) is 50.1 Å². The fourth-order valence-electron chi connectivity index (χ4n) is 4.17. The Morgan fingerprint density at radius 1 is 1.18 bits per heavy atom. The van der Waals surface area contributed by atoms with E-state index in [0.717, 1.165) is 29.3 Å². The molecule has 0 aliphatic heterocycles. The van der Waals surface area contributed by atoms with Crippen LogP contribution in [0.5, 0.6) is 0 Å². The third-order valence-corrected chi connectivity index (χ3v) is 5.66. The van der Waals surface area contributed by atoms with Gasteiger partial charge in [0.05, 0.1) is 11.7 Å². The minimum atomic E-state index is -0.648. The van der Waals surface area contributed by atoms with Gasteiger partial charge in [0, 0.05) is 30.8 Å². The van der Waals surface area contributed by atoms with E-state index in [-0.39, 0.29) is 5.69 Å². The number of carbonyl (C=O) groups excluding carboxylic acids is 1. The Hall–Kier alpha value is -3.10. The standard InChI is InChI=1S/C26H32F2N4O2/c1-26(2,3)25(31(13-7-12-29)23(34)17-33)24-19(14-18-8-5-4-6-9-18)16-32(30-24)22-15-20(27)10-11-21(22)28/h4-6,8-11,15-16,25,33H,7,12-14,17,29H2,1-3H3/t25-/m0/s1. The van der Waals surface area contributed by atoms with E-state index in [9.17, 15) is 18.7 Å². The molecule has 0 fully saturated rings. The molecule has 3 N–H and O–H groups in total. The first-order valence-electron chi connectivity index (χ1n) is 11.3. The molecule has 0 radical (unpaired) electrons. The first kappa shape index (κ1) is 25.5. The maximum absolute atomic E-state index is 14.6. The van der Waals surface area contributed by atoms with Crippen LogP contribution >= 0.6 is 0 Å². The highest BCUT2D eigenvalue weighted by Gasteiger charge is 2.38. The fourth-order valence-corrected chi connectivity index (χ4v) is 4.17. The highest BCUT2D eigenvalue weighted by Crippen LogP contribution is 2.40. The van der Waals surface area contributed by atoms with E-state index in [4.69, 9.17) is 10.8 Å². The average molecular weight is 471 g/mol. The van der Waals surface area contributed by atoms with E-state index >= 15 is 0 Å². The summed E-state index contributed by atoms with van der Waals surface area (Å²) in [6, 6.07) is 12.4. The van der Waals surface area contributed by atoms with Crippen molar-refractivity contribution in [3.05, 3.63) is 83.2 Å². The zero-order valence-electron chi connectivity index (χ0n) is 19.8. The van der Waals surface area contributed by atoms with Crippen molar-refractivity contribution >= 4 is 5.91 Å². The van der Waals surface area contributed by atoms with Gasteiger partial charge in [0.2, 0.25) is 5.91 Å². The summed E-state index contributed by atoms with van der Waals surface area (Å²) in [6.07, 6.45) is 2.72. The van der Waals surface area contributed by atoms with Gasteiger partial charge in [0.1, 0.15) is 23.9 Å². The Bertz CT molecular complexity index is 1110. The fraction of sp³-hybridized carbons (Fsp3) is 0.385. The van der Waals surface area contributed by atoms with Gasteiger partial charge < -0.3 is 15.7 Å². The third kappa shape index (κ3) is 5.87. The van der Waals surface area contributed by atoms with Gasteiger partial charge in [0.15, 0.2) is 0 Å². The summed E-state index contributed by atoms with van der Waals surface area (Å²) in [7, 11) is 0. The molecule has 6 nitrogen and oxygen atoms in total. The lowest BCUT2D eigenvalue weighted by Gasteiger charge is -2.39. The number of nitrogens with zero attached hydrogens (tertiary/aromatic N) is 3. The highest BCUT2D eigenvalue weighted by molar-refractivity contribution is 5.77. The Labute approximate surface area is 199 Å². The molecule has 0 unspecified atom stereocenters. The summed E-state index contributed by atoms with van der Waals surface area (Å²) in [4.78, 5) is 14.4. The van der Waals surface area contributed by atoms with Crippen molar-refractivity contribution in [1.29, 1.82) is 0 Å². The molecule has 1 heterocycles. The van der Waals surface area contributed by atoms with E-state index in [1.807, 2.05) is 51.1 Å². The summed E-state index contributed by atoms with van der Waals surface area (Å²) >= 11 is 0. The van der Waals surface area contributed by atoms with E-state index in [1.165, 1.54) is 4.68 Å². The maximum atomic E-state index is 14.6. The number of halogens is 2. The number of carbonyl (C=O) groups is 1. The van der Waals surface area contributed by atoms with Crippen LogP contribution < -0.4 is 5.73 Å². The Kier molecular flexibility index (Phi) is 8.17. The number of hydrogen-bond acceptors (Lipinski definition) is 4. The number of benzene rings is 2. The predicted molar refractivity (Wildman–Crippen MR) is 127 cm³/mol. The van der Waals surface area contributed by atoms with E-state index in [2.05, 4.69) is 0 Å². The van der Waals surface area contributed by atoms with Crippen LogP contribution in [0.15, 0.2) is 54.7 Å². The minimum absolute atomic E-state index is 0.0183. The quantitative estimate of drug-likeness (QED) is 0.495. The van der Waals surface area contributed by atoms with Gasteiger partial charge >= 0.3 is 0 Å². The summed E-state index contributed by atoms with van der Waals surface area (Å²) < 4.78 is 29.9. The smallest absolute Gasteiger partial charge is 0.248 e. The Balaban J connectivity index is 2.20. The lowest BCUT2D eigenvalue weighted by molar-refractivity contribution is -0.139. The summed E-state index contributed by atoms with van der Waals surface area (Å²) in [6.45, 7) is 6.00. The number of hydrogen-bond donors (Lipinski definition) is 2. The summed E-state index contributed by atoms with van der Waals surface area (Å²) in [5.74, 6) is -1.63. The number of aliphatic hydroxyl groups is 1. The topological polar surface area (TPSA) is 84.4 Å². The zero-order chi connectivity index (χ0) is 24.9. The van der Waals surface area contributed by atoms with E-state index < -0.39 is 35.6 Å². The first-order valence-corrected chi connectivity index (χ1v) is 11.3. The van der Waals surface area contributed by atoms with Gasteiger partial charge in [-0.15, -0.1) is 0 Å². The van der Waals surface area contributed by atoms with Crippen molar-refractivity contribution in [2.75, 3.05) is 19.7 Å². The molecule has 34 heavy (non-hydrogen) atoms. The van der Waals surface area contributed by atoms with Crippen LogP contribution in [-0.2, 0) is 11.2 Å². The molecule has 2 aromatic carbocycles. The zero-order valence-corrected chi connectivity index (χ0v) is 19.8. The molecular formula is C26H32F2N4O2. The molecule has 8 heteroatoms. The average Bonchev–Trinajstić information content (AvgIpc) is 3.19. The van der Waals surface area contributed by atoms with Crippen molar-refractivity contribution in [3.63, 3.8) is 0 Å². The third-order valence-electron chi connectivity index (χ3n) is 5.66. The van der Waals surface area contributed by atoms with Crippen LogP contribution in [0.3, 0.4) is 0 Å². The first-order chi connectivity index (χ1) is 16.2. The second kappa shape index (κ2) is 10.9. The molecule has 3 aromatic rings. The number of nitrogens with two attached hydrogens (primary N) is 1. The van der Waals surface area contributed by atoms with E-state index in [0.29, 0.717) is 31.6 Å². The van der Waals surface area contributed by atoms with Gasteiger partial charge in [-0.2, -0.15) is 5.10 Å². The summed E-state index contributed by atoms with van der Waals surface area (Å²) in [5.41, 5.74) is 7.57. The molecule has 0 spiro atoms. The Morgan fingerprint density at radius 2 is 1.88 bits per heavy atom. The number of rotatable bonds is 9. The lowest BCUT2D eigenvalue weighted by atomic mass is 9.81. The van der Waals surface area contributed by atoms with Crippen LogP contribution in [0.2, 0.25) is 0 Å². The van der Waals surface area contributed by atoms with Crippen LogP contribution in [0, 0.1) is 17.0 Å². The SMILES string of the molecule is CC(C)(C)[C@H](c1nn(-c2cc(F)ccc2F)cc1Cc1ccccc1)N(CCCN)C(=O)CO. The molecule has 0 saturated heterocycles. The highest BCUT2D eigenvalue weighted by atomic mass is 19.1. The van der Waals surface area contributed by atoms with E-state index in [1.54, 1.807) is 11.1 Å². The second-order valence-electron chi connectivity index (χ2n) is 9.40. The van der Waals surface area contributed by atoms with Crippen molar-refractivity contribution in [3.8, 4) is 5.69 Å². The van der Waals surface area contributed by atoms with Crippen molar-refractivity contribution < 1.29 is 18.7 Å². The molecule has 1 amide bonds. The molecular weight excluding hydrogens is 438 g/mol. The molecule has 1 atom stereocenters. The molecule has 0 saturated carbocycles. The predicted octanol–water partition coefficient (Wildman–Crippen LogP) is 4.00. The van der Waals surface area contributed by atoms with Gasteiger partial charge in [-0.3, -0.25) is 4.79 Å². The minimum Gasteiger partial charge on any atom is -0.387 e. The molecule has 0 aliphatic rings. The van der Waals surface area contributed by atoms with Gasteiger partial charge in [-0.05, 0) is 36.1 Å². The van der Waals surface area contributed by atoms with Crippen molar-refractivity contribution in [2.45, 2.75) is 39.7 Å². The molecule has 0 aliphatic carbocycles. The van der Waals surface area contributed by atoms with Crippen LogP contribution in [-0.4, -0.2) is 45.4 Å². The summed E-state index contributed by atoms with van der Waals surface area (Å²) in [5, 5.41) is 14.4. The second-order valence-corrected chi connectivity index (χ2v) is 9.40. The molecule has 0 bridgehead atoms. The molecule has 3 rings (SSSR count). The number of aliphatic hydroxyl groups excluding tert-OH is 1. The normalized spacial score (nSPS) is 12.6. The lowest BCUT2D eigenvalue weighted by Crippen LogP contribution is -2.44. The monoisotopic (exact) mass is 470 g/mol. The Morgan fingerprint density at radius 3 is 2.50 bits per heavy atom. The number of amides is 1.